The standard InChI is InChI=1S/C21H21NO2S.C20H18FNO2S.C19H16ClNO2S.C19H16N2O4S.C18H21N3O2.C16H18FNOS/c1-16-10-11-19(13-17(16)2)24-15-21(23)22(14-20-9-6-12-25-20)18-7-4-3-5-8-18;1-15-12-17(9-10-19(15)21)24-14-20(23)22(13-18-8-5-11-25-18)16-6-3-2-4-7-16;20-15-6-4-9-17(12-15)23-14-19(22)21(13-18-10-5-11-24-18)16-7-2-1-3-8-16;22-19(12-23-14-6-7-16-17(10-14)25-13-24-16)21(11-15-4-3-9-26-15)18-5-1-2-8-20-18;22-18(12-23-15-4-2-1-3-5-15)21(17-8-9-19-20-17)16-11-13-6-7-14(16)10-13;1-2-18(12-15-4-3-11-20-15)16(19)10-7-13-5-8-14(17)9-6-13/h3-13H,14-15H2,1-2H3;2-12H,13-14H2,1H3;1-12H,13-14H2;1-10H,11-13H2;1-5,8-9,13-14,16H,6-7,10-12H2,(H,19,20);3-6,8-9,11H,2,7,10,12H2,1H3. The Labute approximate surface area is 856 Å². The smallest absolute Gasteiger partial charge is 0.266 e. The Balaban J connectivity index is 0.000000136. The van der Waals surface area contributed by atoms with Gasteiger partial charge in [-0.1, -0.05) is 151 Å². The molecule has 6 amide bonds. The zero-order chi connectivity index (χ0) is 99.9. The van der Waals surface area contributed by atoms with E-state index in [0.717, 1.165) is 77.4 Å². The Morgan fingerprint density at radius 2 is 0.860 bits per heavy atom. The van der Waals surface area contributed by atoms with Crippen LogP contribution < -0.4 is 57.7 Å². The quantitative estimate of drug-likeness (QED) is 0.0389. The van der Waals surface area contributed by atoms with Crippen LogP contribution in [0.25, 0.3) is 0 Å². The molecule has 143 heavy (non-hydrogen) atoms. The molecular formula is C113H110ClF2N9O13S5. The molecule has 2 fully saturated rings. The topological polar surface area (TPSA) is 228 Å². The van der Waals surface area contributed by atoms with Crippen molar-refractivity contribution in [3.05, 3.63) is 412 Å². The number of aryl methyl sites for hydroxylation is 4. The molecule has 19 rings (SSSR count). The normalized spacial score (nSPS) is 13.2. The van der Waals surface area contributed by atoms with Crippen molar-refractivity contribution in [3.8, 4) is 40.2 Å². The van der Waals surface area contributed by atoms with Gasteiger partial charge in [-0.2, -0.15) is 5.10 Å². The van der Waals surface area contributed by atoms with E-state index >= 15 is 0 Å². The lowest BCUT2D eigenvalue weighted by molar-refractivity contribution is -0.131. The maximum Gasteiger partial charge on any atom is 0.266 e. The van der Waals surface area contributed by atoms with Crippen LogP contribution in [-0.4, -0.2) is 108 Å². The van der Waals surface area contributed by atoms with Crippen molar-refractivity contribution in [2.45, 2.75) is 105 Å². The van der Waals surface area contributed by atoms with Crippen molar-refractivity contribution < 1.29 is 70.7 Å². The van der Waals surface area contributed by atoms with Crippen molar-refractivity contribution in [2.75, 3.05) is 70.9 Å². The van der Waals surface area contributed by atoms with Gasteiger partial charge in [0.05, 0.1) is 38.9 Å². The highest BCUT2D eigenvalue weighted by Gasteiger charge is 2.45. The number of anilines is 5. The number of carbonyl (C=O) groups is 6. The number of thiophene rings is 5. The number of halogens is 3. The Morgan fingerprint density at radius 1 is 0.406 bits per heavy atom. The lowest BCUT2D eigenvalue weighted by Gasteiger charge is -2.33. The predicted molar refractivity (Wildman–Crippen MR) is 566 cm³/mol. The lowest BCUT2D eigenvalue weighted by Crippen LogP contribution is -2.46. The van der Waals surface area contributed by atoms with E-state index in [9.17, 15) is 37.5 Å². The molecule has 2 saturated carbocycles. The zero-order valence-corrected chi connectivity index (χ0v) is 84.3. The van der Waals surface area contributed by atoms with Gasteiger partial charge in [0, 0.05) is 83.8 Å². The van der Waals surface area contributed by atoms with E-state index in [-0.39, 0.29) is 92.9 Å². The first kappa shape index (κ1) is 104. The molecule has 8 heterocycles. The first-order valence-corrected chi connectivity index (χ1v) is 51.5. The molecule has 2 aliphatic carbocycles. The van der Waals surface area contributed by atoms with E-state index in [0.29, 0.717) is 103 Å². The minimum Gasteiger partial charge on any atom is -0.484 e. The third-order valence-electron chi connectivity index (χ3n) is 23.5. The summed E-state index contributed by atoms with van der Waals surface area (Å²) in [4.78, 5) is 96.5. The maximum atomic E-state index is 13.3. The number of nitrogens with one attached hydrogen (secondary N) is 1. The molecule has 0 spiro atoms. The van der Waals surface area contributed by atoms with Gasteiger partial charge in [0.15, 0.2) is 44.5 Å². The van der Waals surface area contributed by atoms with Crippen LogP contribution >= 0.6 is 68.3 Å². The van der Waals surface area contributed by atoms with E-state index in [1.807, 2.05) is 275 Å². The number of para-hydroxylation sites is 4. The Kier molecular flexibility index (Phi) is 39.7. The fourth-order valence-electron chi connectivity index (χ4n) is 15.9. The van der Waals surface area contributed by atoms with Crippen molar-refractivity contribution in [1.29, 1.82) is 0 Å². The monoisotopic (exact) mass is 2030 g/mol. The number of H-pyrrole nitrogens is 1. The van der Waals surface area contributed by atoms with Crippen molar-refractivity contribution in [1.82, 2.24) is 20.1 Å². The third kappa shape index (κ3) is 32.2. The number of fused-ring (bicyclic) bond motifs is 3. The van der Waals surface area contributed by atoms with Gasteiger partial charge in [-0.15, -0.1) is 56.7 Å². The Morgan fingerprint density at radius 3 is 1.32 bits per heavy atom. The molecule has 736 valence electrons. The molecule has 0 saturated heterocycles. The lowest BCUT2D eigenvalue weighted by atomic mass is 9.94. The summed E-state index contributed by atoms with van der Waals surface area (Å²) in [5.74, 6) is 6.26. The summed E-state index contributed by atoms with van der Waals surface area (Å²) in [5, 5.41) is 17.6. The highest BCUT2D eigenvalue weighted by atomic mass is 35.5. The molecule has 1 N–H and O–H groups in total. The number of carbonyl (C=O) groups excluding carboxylic acids is 6. The van der Waals surface area contributed by atoms with Gasteiger partial charge in [0.25, 0.3) is 29.5 Å². The molecule has 1 aliphatic heterocycles. The number of hydrogen-bond donors (Lipinski definition) is 1. The van der Waals surface area contributed by atoms with Gasteiger partial charge in [0.2, 0.25) is 12.7 Å². The summed E-state index contributed by atoms with van der Waals surface area (Å²) in [6, 6.07) is 94.9. The SMILES string of the molecule is CCN(Cc1cccs1)C(=O)CCc1ccc(F)cc1.Cc1cc(OCC(=O)N(Cc2cccs2)c2ccccc2)ccc1F.Cc1ccc(OCC(=O)N(Cc2cccs2)c2ccccc2)cc1C.O=C(COc1ccc2c(c1)OCO2)N(Cc1cccs1)c1ccccn1.O=C(COc1cccc(Cl)c1)N(Cc1cccs1)c1ccccc1.O=C(COc1ccccc1)N(c1ccn[nH]1)C1CC2CCC1C2. The zero-order valence-electron chi connectivity index (χ0n) is 79.5. The van der Waals surface area contributed by atoms with Crippen molar-refractivity contribution >= 4 is 132 Å². The summed E-state index contributed by atoms with van der Waals surface area (Å²) >= 11 is 14.1. The van der Waals surface area contributed by atoms with E-state index in [4.69, 9.17) is 44.8 Å². The molecular weight excluding hydrogens is 1930 g/mol. The van der Waals surface area contributed by atoms with Crippen LogP contribution in [0.4, 0.5) is 37.5 Å². The molecule has 0 radical (unpaired) electrons. The molecule has 3 aliphatic rings. The summed E-state index contributed by atoms with van der Waals surface area (Å²) < 4.78 is 65.0. The maximum absolute atomic E-state index is 13.3. The highest BCUT2D eigenvalue weighted by Crippen LogP contribution is 2.48. The average Bonchev–Trinajstić information content (AvgIpc) is 1.63. The number of rotatable bonds is 35. The number of nitrogens with zero attached hydrogens (tertiary/aromatic N) is 8. The van der Waals surface area contributed by atoms with Gasteiger partial charge in [-0.3, -0.25) is 43.7 Å². The number of ether oxygens (including phenoxy) is 7. The second-order valence-corrected chi connectivity index (χ2v) is 39.0. The van der Waals surface area contributed by atoms with Crippen LogP contribution in [0.2, 0.25) is 5.02 Å². The molecule has 9 aromatic carbocycles. The molecule has 3 unspecified atom stereocenters. The van der Waals surface area contributed by atoms with Crippen LogP contribution in [-0.2, 0) is 67.9 Å². The summed E-state index contributed by atoms with van der Waals surface area (Å²) in [6.07, 6.45) is 9.37. The summed E-state index contributed by atoms with van der Waals surface area (Å²) in [6.45, 7) is 11.2. The predicted octanol–water partition coefficient (Wildman–Crippen LogP) is 25.2. The summed E-state index contributed by atoms with van der Waals surface area (Å²) in [7, 11) is 0. The van der Waals surface area contributed by atoms with Gasteiger partial charge in [0.1, 0.15) is 52.0 Å². The molecule has 3 atom stereocenters. The molecule has 7 aromatic heterocycles. The molecule has 16 aromatic rings. The highest BCUT2D eigenvalue weighted by molar-refractivity contribution is 7.11. The fraction of sp³-hybridized carbons (Fsp3) is 0.221. The van der Waals surface area contributed by atoms with Crippen LogP contribution in [0.1, 0.15) is 85.7 Å². The largest absolute Gasteiger partial charge is 0.484 e. The molecule has 30 heteroatoms. The first-order chi connectivity index (χ1) is 69.8. The third-order valence-corrected chi connectivity index (χ3v) is 28.0. The number of amides is 6. The average molecular weight is 2040 g/mol. The van der Waals surface area contributed by atoms with Crippen LogP contribution in [0.3, 0.4) is 0 Å². The second-order valence-electron chi connectivity index (χ2n) is 33.4. The number of pyridine rings is 1. The molecule has 2 bridgehead atoms. The minimum absolute atomic E-state index is 0.00402. The van der Waals surface area contributed by atoms with Gasteiger partial charge >= 0.3 is 0 Å². The minimum atomic E-state index is -0.290. The second kappa shape index (κ2) is 54.4. The van der Waals surface area contributed by atoms with E-state index < -0.39 is 0 Å². The van der Waals surface area contributed by atoms with Gasteiger partial charge in [-0.05, 0) is 278 Å². The fourth-order valence-corrected chi connectivity index (χ4v) is 19.6. The van der Waals surface area contributed by atoms with Crippen LogP contribution in [0, 0.1) is 44.2 Å². The molecule has 22 nitrogen and oxygen atoms in total. The number of benzene rings is 9. The number of aromatic nitrogens is 3. The summed E-state index contributed by atoms with van der Waals surface area (Å²) in [5.41, 5.74) is 6.40. The number of aromatic amines is 1. The van der Waals surface area contributed by atoms with E-state index in [1.165, 1.54) is 54.0 Å². The number of hydrogen-bond acceptors (Lipinski definition) is 20. The first-order valence-electron chi connectivity index (χ1n) is 46.7. The van der Waals surface area contributed by atoms with Gasteiger partial charge in [-0.25, -0.2) is 13.8 Å². The Hall–Kier alpha value is -14.6. The van der Waals surface area contributed by atoms with Crippen molar-refractivity contribution in [2.24, 2.45) is 11.8 Å². The van der Waals surface area contributed by atoms with Gasteiger partial charge < -0.3 is 52.8 Å². The van der Waals surface area contributed by atoms with E-state index in [1.54, 1.807) is 156 Å². The van der Waals surface area contributed by atoms with Crippen molar-refractivity contribution in [3.63, 3.8) is 0 Å². The Bertz CT molecular complexity index is 6430. The van der Waals surface area contributed by atoms with E-state index in [2.05, 4.69) is 22.1 Å². The van der Waals surface area contributed by atoms with Crippen LogP contribution in [0.5, 0.6) is 40.2 Å². The van der Waals surface area contributed by atoms with Crippen LogP contribution in [0.15, 0.2) is 349 Å².